The third-order valence-corrected chi connectivity index (χ3v) is 6.37. The van der Waals surface area contributed by atoms with Crippen LogP contribution < -0.4 is 9.57 Å². The summed E-state index contributed by atoms with van der Waals surface area (Å²) in [6.07, 6.45) is 9.73. The second-order valence-electron chi connectivity index (χ2n) is 8.36. The predicted octanol–water partition coefficient (Wildman–Crippen LogP) is 4.59. The fourth-order valence-corrected chi connectivity index (χ4v) is 4.48. The Morgan fingerprint density at radius 1 is 0.933 bits per heavy atom. The van der Waals surface area contributed by atoms with Crippen LogP contribution in [0.3, 0.4) is 0 Å². The maximum Gasteiger partial charge on any atom is 0.231 e. The topological polar surface area (TPSA) is 70.3 Å². The van der Waals surface area contributed by atoms with E-state index in [2.05, 4.69) is 32.9 Å². The standard InChI is InChI=1S/C17H28NO.C7H8O3S/c1-14-12-15(2)18(16(3)13-14)19-11-7-10-17-8-5-4-6-9-17;1-6-2-4-7(5-3-6)11(8,9)10/h12-13,17H,4-11H2,1-3H3;2-5H,1H3,(H,8,9,10)/q+1;/p-1. The van der Waals surface area contributed by atoms with Crippen molar-refractivity contribution in [3.63, 3.8) is 0 Å². The van der Waals surface area contributed by atoms with Gasteiger partial charge in [-0.1, -0.05) is 49.8 Å². The van der Waals surface area contributed by atoms with Crippen LogP contribution in [-0.2, 0) is 10.1 Å². The molecule has 0 N–H and O–H groups in total. The maximum atomic E-state index is 10.4. The summed E-state index contributed by atoms with van der Waals surface area (Å²) in [7, 11) is -4.27. The summed E-state index contributed by atoms with van der Waals surface area (Å²) in [6.45, 7) is 9.02. The van der Waals surface area contributed by atoms with Crippen LogP contribution in [0.5, 0.6) is 0 Å². The first-order valence-electron chi connectivity index (χ1n) is 10.8. The van der Waals surface area contributed by atoms with Gasteiger partial charge in [0.25, 0.3) is 0 Å². The summed E-state index contributed by atoms with van der Waals surface area (Å²) in [4.78, 5) is 5.75. The summed E-state index contributed by atoms with van der Waals surface area (Å²) >= 11 is 0. The summed E-state index contributed by atoms with van der Waals surface area (Å²) in [6, 6.07) is 10.1. The number of hydrogen-bond acceptors (Lipinski definition) is 4. The molecule has 5 nitrogen and oxygen atoms in total. The van der Waals surface area contributed by atoms with Gasteiger partial charge in [-0.05, 0) is 50.3 Å². The van der Waals surface area contributed by atoms with Crippen molar-refractivity contribution in [2.24, 2.45) is 5.92 Å². The van der Waals surface area contributed by atoms with Crippen molar-refractivity contribution in [1.29, 1.82) is 0 Å². The monoisotopic (exact) mass is 433 g/mol. The molecule has 166 valence electrons. The molecule has 1 fully saturated rings. The third kappa shape index (κ3) is 8.07. The van der Waals surface area contributed by atoms with Gasteiger partial charge in [-0.15, -0.1) is 0 Å². The van der Waals surface area contributed by atoms with Crippen molar-refractivity contribution in [1.82, 2.24) is 0 Å². The molecule has 0 unspecified atom stereocenters. The summed E-state index contributed by atoms with van der Waals surface area (Å²) in [5.41, 5.74) is 4.61. The molecule has 0 bridgehead atoms. The quantitative estimate of drug-likeness (QED) is 0.380. The number of aromatic nitrogens is 1. The minimum absolute atomic E-state index is 0.178. The summed E-state index contributed by atoms with van der Waals surface area (Å²) < 4.78 is 33.1. The van der Waals surface area contributed by atoms with Crippen LogP contribution in [0, 0.1) is 33.6 Å². The summed E-state index contributed by atoms with van der Waals surface area (Å²) in [5, 5.41) is 0. The first kappa shape index (κ1) is 24.4. The molecule has 1 saturated carbocycles. The van der Waals surface area contributed by atoms with E-state index in [9.17, 15) is 13.0 Å². The van der Waals surface area contributed by atoms with Gasteiger partial charge in [-0.3, -0.25) is 4.84 Å². The number of rotatable bonds is 6. The van der Waals surface area contributed by atoms with Gasteiger partial charge in [0.05, 0.1) is 4.90 Å². The van der Waals surface area contributed by atoms with E-state index in [0.717, 1.165) is 18.1 Å². The first-order chi connectivity index (χ1) is 14.2. The lowest BCUT2D eigenvalue weighted by atomic mass is 9.86. The van der Waals surface area contributed by atoms with Crippen LogP contribution >= 0.6 is 0 Å². The highest BCUT2D eigenvalue weighted by Gasteiger charge is 2.15. The van der Waals surface area contributed by atoms with Crippen molar-refractivity contribution in [3.05, 3.63) is 58.9 Å². The molecule has 0 radical (unpaired) electrons. The van der Waals surface area contributed by atoms with Crippen LogP contribution in [-0.4, -0.2) is 19.6 Å². The van der Waals surface area contributed by atoms with Crippen molar-refractivity contribution in [3.8, 4) is 0 Å². The van der Waals surface area contributed by atoms with Crippen LogP contribution in [0.2, 0.25) is 0 Å². The second-order valence-corrected chi connectivity index (χ2v) is 9.74. The van der Waals surface area contributed by atoms with Gasteiger partial charge < -0.3 is 4.55 Å². The van der Waals surface area contributed by atoms with E-state index in [-0.39, 0.29) is 4.90 Å². The molecule has 1 aliphatic rings. The van der Waals surface area contributed by atoms with Gasteiger partial charge in [-0.25, -0.2) is 8.42 Å². The lowest BCUT2D eigenvalue weighted by molar-refractivity contribution is -0.899. The van der Waals surface area contributed by atoms with E-state index in [1.54, 1.807) is 12.1 Å². The Kier molecular flexibility index (Phi) is 9.31. The molecule has 0 spiro atoms. The molecular formula is C24H35NO4S. The fraction of sp³-hybridized carbons (Fsp3) is 0.542. The van der Waals surface area contributed by atoms with Crippen LogP contribution in [0.1, 0.15) is 67.5 Å². The maximum absolute atomic E-state index is 10.4. The highest BCUT2D eigenvalue weighted by molar-refractivity contribution is 7.85. The largest absolute Gasteiger partial charge is 0.744 e. The molecule has 1 aliphatic carbocycles. The van der Waals surface area contributed by atoms with Crippen LogP contribution in [0.4, 0.5) is 0 Å². The van der Waals surface area contributed by atoms with E-state index in [4.69, 9.17) is 4.84 Å². The van der Waals surface area contributed by atoms with Gasteiger partial charge in [0.15, 0.2) is 6.61 Å². The lowest BCUT2D eigenvalue weighted by Gasteiger charge is -2.20. The Balaban J connectivity index is 0.000000248. The molecule has 3 rings (SSSR count). The van der Waals surface area contributed by atoms with Gasteiger partial charge in [0, 0.05) is 30.7 Å². The molecule has 30 heavy (non-hydrogen) atoms. The highest BCUT2D eigenvalue weighted by atomic mass is 32.2. The van der Waals surface area contributed by atoms with E-state index in [1.807, 2.05) is 11.7 Å². The normalized spacial score (nSPS) is 14.7. The Bertz CT molecular complexity index is 878. The van der Waals surface area contributed by atoms with E-state index < -0.39 is 10.1 Å². The molecular weight excluding hydrogens is 398 g/mol. The van der Waals surface area contributed by atoms with Crippen molar-refractivity contribution >= 4 is 10.1 Å². The molecule has 0 atom stereocenters. The molecule has 0 amide bonds. The second kappa shape index (κ2) is 11.5. The zero-order valence-corrected chi connectivity index (χ0v) is 19.5. The number of aryl methyl sites for hydroxylation is 4. The number of nitrogens with zero attached hydrogens (tertiary/aromatic N) is 1. The van der Waals surface area contributed by atoms with Crippen LogP contribution in [0.25, 0.3) is 0 Å². The van der Waals surface area contributed by atoms with Gasteiger partial charge in [0.1, 0.15) is 10.1 Å². The van der Waals surface area contributed by atoms with Gasteiger partial charge >= 0.3 is 0 Å². The Morgan fingerprint density at radius 2 is 1.50 bits per heavy atom. The molecule has 6 heteroatoms. The predicted molar refractivity (Wildman–Crippen MR) is 117 cm³/mol. The third-order valence-electron chi connectivity index (χ3n) is 5.53. The van der Waals surface area contributed by atoms with E-state index in [0.29, 0.717) is 0 Å². The zero-order chi connectivity index (χ0) is 22.1. The highest BCUT2D eigenvalue weighted by Crippen LogP contribution is 2.26. The SMILES string of the molecule is Cc1cc(C)[n+](OCCCC2CCCCC2)c(C)c1.Cc1ccc(S(=O)(=O)[O-])cc1. The molecule has 0 aliphatic heterocycles. The average Bonchev–Trinajstić information content (AvgIpc) is 2.67. The Morgan fingerprint density at radius 3 is 2.03 bits per heavy atom. The number of hydrogen-bond donors (Lipinski definition) is 0. The molecule has 1 heterocycles. The minimum atomic E-state index is -4.27. The van der Waals surface area contributed by atoms with E-state index >= 15 is 0 Å². The zero-order valence-electron chi connectivity index (χ0n) is 18.7. The average molecular weight is 434 g/mol. The number of pyridine rings is 1. The molecule has 1 aromatic heterocycles. The van der Waals surface area contributed by atoms with Crippen molar-refractivity contribution in [2.45, 2.75) is 77.5 Å². The van der Waals surface area contributed by atoms with E-state index in [1.165, 1.54) is 74.0 Å². The Labute approximate surface area is 181 Å². The van der Waals surface area contributed by atoms with Gasteiger partial charge in [0.2, 0.25) is 11.4 Å². The molecule has 0 saturated heterocycles. The van der Waals surface area contributed by atoms with Crippen molar-refractivity contribution in [2.75, 3.05) is 6.61 Å². The van der Waals surface area contributed by atoms with Gasteiger partial charge in [-0.2, -0.15) is 0 Å². The van der Waals surface area contributed by atoms with Crippen molar-refractivity contribution < 1.29 is 22.5 Å². The first-order valence-corrected chi connectivity index (χ1v) is 12.2. The number of benzene rings is 1. The molecule has 2 aromatic rings. The van der Waals surface area contributed by atoms with Crippen LogP contribution in [0.15, 0.2) is 41.3 Å². The lowest BCUT2D eigenvalue weighted by Crippen LogP contribution is -2.48. The smallest absolute Gasteiger partial charge is 0.231 e. The summed E-state index contributed by atoms with van der Waals surface area (Å²) in [5.74, 6) is 0.961. The fourth-order valence-electron chi connectivity index (χ4n) is 4.01. The Hall–Kier alpha value is -1.92. The minimum Gasteiger partial charge on any atom is -0.744 e. The molecule has 1 aromatic carbocycles.